The van der Waals surface area contributed by atoms with Crippen molar-refractivity contribution < 1.29 is 18.7 Å². The van der Waals surface area contributed by atoms with E-state index in [0.717, 1.165) is 17.7 Å². The van der Waals surface area contributed by atoms with Crippen molar-refractivity contribution in [1.29, 1.82) is 0 Å². The largest absolute Gasteiger partial charge is 0.496 e. The molecule has 2 aromatic rings. The molecule has 2 aromatic carbocycles. The van der Waals surface area contributed by atoms with Gasteiger partial charge in [0.05, 0.1) is 18.4 Å². The van der Waals surface area contributed by atoms with Crippen LogP contribution in [0.4, 0.5) is 10.1 Å². The quantitative estimate of drug-likeness (QED) is 0.780. The first-order chi connectivity index (χ1) is 13.1. The number of hydrogen-bond acceptors (Lipinski definition) is 4. The highest BCUT2D eigenvalue weighted by Gasteiger charge is 2.44. The van der Waals surface area contributed by atoms with Crippen molar-refractivity contribution in [2.45, 2.75) is 12.8 Å². The number of amides is 2. The van der Waals surface area contributed by atoms with E-state index in [1.165, 1.54) is 25.3 Å². The predicted molar refractivity (Wildman–Crippen MR) is 99.6 cm³/mol. The van der Waals surface area contributed by atoms with E-state index in [1.807, 2.05) is 4.90 Å². The molecule has 0 aromatic heterocycles. The lowest BCUT2D eigenvalue weighted by Gasteiger charge is -2.20. The molecule has 1 saturated heterocycles. The number of anilines is 1. The molecular formula is C21H19FN2O3. The molecule has 2 heterocycles. The van der Waals surface area contributed by atoms with Crippen molar-refractivity contribution in [1.82, 2.24) is 4.90 Å². The first-order valence-electron chi connectivity index (χ1n) is 8.89. The van der Waals surface area contributed by atoms with E-state index in [1.54, 1.807) is 30.3 Å². The Morgan fingerprint density at radius 2 is 1.59 bits per heavy atom. The summed E-state index contributed by atoms with van der Waals surface area (Å²) in [6.45, 7) is 1.39. The van der Waals surface area contributed by atoms with Crippen LogP contribution >= 0.6 is 0 Å². The summed E-state index contributed by atoms with van der Waals surface area (Å²) in [5.74, 6) is -1.13. The molecule has 0 bridgehead atoms. The van der Waals surface area contributed by atoms with Gasteiger partial charge in [-0.25, -0.2) is 9.29 Å². The normalized spacial score (nSPS) is 17.3. The first-order valence-corrected chi connectivity index (χ1v) is 8.89. The van der Waals surface area contributed by atoms with E-state index in [2.05, 4.69) is 0 Å². The second kappa shape index (κ2) is 6.87. The Bertz CT molecular complexity index is 948. The van der Waals surface area contributed by atoms with E-state index in [-0.39, 0.29) is 11.3 Å². The van der Waals surface area contributed by atoms with Gasteiger partial charge in [-0.1, -0.05) is 30.3 Å². The lowest BCUT2D eigenvalue weighted by Crippen LogP contribution is -2.35. The molecule has 4 rings (SSSR count). The number of methoxy groups -OCH3 is 1. The SMILES string of the molecule is COc1ccccc1C1=C(N2CCCC2)C(=O)N(c2ccccc2F)C1=O. The summed E-state index contributed by atoms with van der Waals surface area (Å²) in [4.78, 5) is 29.4. The number of likely N-dealkylation sites (tertiary alicyclic amines) is 1. The number of ether oxygens (including phenoxy) is 1. The van der Waals surface area contributed by atoms with Crippen LogP contribution in [-0.2, 0) is 9.59 Å². The Kier molecular flexibility index (Phi) is 4.39. The van der Waals surface area contributed by atoms with Gasteiger partial charge >= 0.3 is 0 Å². The van der Waals surface area contributed by atoms with Crippen molar-refractivity contribution in [2.75, 3.05) is 25.1 Å². The molecule has 0 unspecified atom stereocenters. The second-order valence-electron chi connectivity index (χ2n) is 6.52. The summed E-state index contributed by atoms with van der Waals surface area (Å²) in [7, 11) is 1.52. The van der Waals surface area contributed by atoms with E-state index in [9.17, 15) is 14.0 Å². The van der Waals surface area contributed by atoms with Gasteiger partial charge in [0.2, 0.25) is 0 Å². The summed E-state index contributed by atoms with van der Waals surface area (Å²) < 4.78 is 19.8. The Morgan fingerprint density at radius 3 is 2.30 bits per heavy atom. The summed E-state index contributed by atoms with van der Waals surface area (Å²) in [6.07, 6.45) is 1.90. The van der Waals surface area contributed by atoms with Gasteiger partial charge in [-0.15, -0.1) is 0 Å². The molecule has 0 aliphatic carbocycles. The zero-order chi connectivity index (χ0) is 19.0. The molecule has 0 atom stereocenters. The van der Waals surface area contributed by atoms with Crippen LogP contribution in [-0.4, -0.2) is 36.9 Å². The maximum absolute atomic E-state index is 14.4. The van der Waals surface area contributed by atoms with Crippen LogP contribution in [0.25, 0.3) is 5.57 Å². The van der Waals surface area contributed by atoms with Gasteiger partial charge in [0.25, 0.3) is 11.8 Å². The fraction of sp³-hybridized carbons (Fsp3) is 0.238. The molecule has 0 spiro atoms. The van der Waals surface area contributed by atoms with Crippen LogP contribution in [0, 0.1) is 5.82 Å². The van der Waals surface area contributed by atoms with Gasteiger partial charge in [-0.2, -0.15) is 0 Å². The first kappa shape index (κ1) is 17.3. The third-order valence-corrected chi connectivity index (χ3v) is 4.95. The van der Waals surface area contributed by atoms with Crippen molar-refractivity contribution in [3.05, 3.63) is 65.6 Å². The van der Waals surface area contributed by atoms with E-state index in [0.29, 0.717) is 30.1 Å². The Labute approximate surface area is 156 Å². The molecule has 2 aliphatic rings. The van der Waals surface area contributed by atoms with Gasteiger partial charge in [0.15, 0.2) is 0 Å². The lowest BCUT2D eigenvalue weighted by atomic mass is 10.0. The van der Waals surface area contributed by atoms with Crippen LogP contribution in [0.5, 0.6) is 5.75 Å². The van der Waals surface area contributed by atoms with Crippen LogP contribution in [0.1, 0.15) is 18.4 Å². The average molecular weight is 366 g/mol. The molecule has 1 fully saturated rings. The number of benzene rings is 2. The molecule has 2 amide bonds. The molecule has 5 nitrogen and oxygen atoms in total. The van der Waals surface area contributed by atoms with Crippen LogP contribution in [0.2, 0.25) is 0 Å². The van der Waals surface area contributed by atoms with Gasteiger partial charge in [0.1, 0.15) is 17.3 Å². The minimum atomic E-state index is -0.610. The van der Waals surface area contributed by atoms with Crippen LogP contribution in [0.15, 0.2) is 54.2 Å². The summed E-state index contributed by atoms with van der Waals surface area (Å²) in [5.41, 5.74) is 1.10. The van der Waals surface area contributed by atoms with Gasteiger partial charge in [-0.3, -0.25) is 9.59 Å². The number of carbonyl (C=O) groups is 2. The Morgan fingerprint density at radius 1 is 0.926 bits per heavy atom. The number of hydrogen-bond donors (Lipinski definition) is 0. The minimum Gasteiger partial charge on any atom is -0.496 e. The van der Waals surface area contributed by atoms with Crippen molar-refractivity contribution in [3.63, 3.8) is 0 Å². The number of halogens is 1. The summed E-state index contributed by atoms with van der Waals surface area (Å²) in [5, 5.41) is 0. The number of para-hydroxylation sites is 2. The maximum Gasteiger partial charge on any atom is 0.282 e. The van der Waals surface area contributed by atoms with Crippen molar-refractivity contribution in [3.8, 4) is 5.75 Å². The number of nitrogens with zero attached hydrogens (tertiary/aromatic N) is 2. The molecule has 27 heavy (non-hydrogen) atoms. The fourth-order valence-electron chi connectivity index (χ4n) is 3.70. The van der Waals surface area contributed by atoms with Gasteiger partial charge in [-0.05, 0) is 31.0 Å². The monoisotopic (exact) mass is 366 g/mol. The standard InChI is InChI=1S/C21H19FN2O3/c1-27-17-11-5-2-8-14(17)18-19(23-12-6-7-13-23)21(26)24(20(18)25)16-10-4-3-9-15(16)22/h2-5,8-11H,6-7,12-13H2,1H3. The third-order valence-electron chi connectivity index (χ3n) is 4.95. The van der Waals surface area contributed by atoms with E-state index >= 15 is 0 Å². The van der Waals surface area contributed by atoms with Crippen molar-refractivity contribution in [2.24, 2.45) is 0 Å². The number of rotatable bonds is 4. The molecular weight excluding hydrogens is 347 g/mol. The van der Waals surface area contributed by atoms with Crippen LogP contribution in [0.3, 0.4) is 0 Å². The van der Waals surface area contributed by atoms with Crippen LogP contribution < -0.4 is 9.64 Å². The molecule has 0 saturated carbocycles. The highest BCUT2D eigenvalue weighted by Crippen LogP contribution is 2.39. The zero-order valence-electron chi connectivity index (χ0n) is 14.9. The average Bonchev–Trinajstić information content (AvgIpc) is 3.29. The second-order valence-corrected chi connectivity index (χ2v) is 6.52. The summed E-state index contributed by atoms with van der Waals surface area (Å²) >= 11 is 0. The highest BCUT2D eigenvalue weighted by atomic mass is 19.1. The predicted octanol–water partition coefficient (Wildman–Crippen LogP) is 3.21. The lowest BCUT2D eigenvalue weighted by molar-refractivity contribution is -0.120. The topological polar surface area (TPSA) is 49.9 Å². The van der Waals surface area contributed by atoms with E-state index < -0.39 is 17.6 Å². The highest BCUT2D eigenvalue weighted by molar-refractivity contribution is 6.45. The number of imide groups is 1. The minimum absolute atomic E-state index is 0.0332. The molecule has 0 radical (unpaired) electrons. The van der Waals surface area contributed by atoms with Crippen molar-refractivity contribution >= 4 is 23.1 Å². The Hall–Kier alpha value is -3.15. The third kappa shape index (κ3) is 2.77. The fourth-order valence-corrected chi connectivity index (χ4v) is 3.70. The van der Waals surface area contributed by atoms with Gasteiger partial charge < -0.3 is 9.64 Å². The molecule has 2 aliphatic heterocycles. The smallest absolute Gasteiger partial charge is 0.282 e. The number of carbonyl (C=O) groups excluding carboxylic acids is 2. The van der Waals surface area contributed by atoms with Gasteiger partial charge in [0, 0.05) is 18.7 Å². The van der Waals surface area contributed by atoms with E-state index in [4.69, 9.17) is 4.74 Å². The zero-order valence-corrected chi connectivity index (χ0v) is 14.9. The maximum atomic E-state index is 14.4. The molecule has 6 heteroatoms. The molecule has 0 N–H and O–H groups in total. The summed E-state index contributed by atoms with van der Waals surface area (Å²) in [6, 6.07) is 12.9. The Balaban J connectivity index is 1.90. The molecule has 138 valence electrons.